The van der Waals surface area contributed by atoms with E-state index in [1.807, 2.05) is 66.9 Å². The highest BCUT2D eigenvalue weighted by atomic mass is 32.2. The largest absolute Gasteiger partial charge is 0.450 e. The summed E-state index contributed by atoms with van der Waals surface area (Å²) >= 11 is 1.20. The molecule has 0 saturated carbocycles. The fraction of sp³-hybridized carbons (Fsp3) is 0.238. The van der Waals surface area contributed by atoms with Crippen LogP contribution < -0.4 is 5.32 Å². The van der Waals surface area contributed by atoms with Crippen LogP contribution in [0.5, 0.6) is 0 Å². The number of carbonyl (C=O) groups is 2. The molecule has 0 aliphatic rings. The smallest absolute Gasteiger partial charge is 0.413 e. The minimum Gasteiger partial charge on any atom is -0.450 e. The molecule has 0 bridgehead atoms. The van der Waals surface area contributed by atoms with Crippen LogP contribution in [0.4, 0.5) is 4.79 Å². The summed E-state index contributed by atoms with van der Waals surface area (Å²) in [6, 6.07) is 16.0. The van der Waals surface area contributed by atoms with E-state index in [4.69, 9.17) is 4.74 Å². The number of aromatic nitrogens is 3. The van der Waals surface area contributed by atoms with Crippen molar-refractivity contribution in [3.63, 3.8) is 0 Å². The van der Waals surface area contributed by atoms with Gasteiger partial charge in [-0.25, -0.2) is 4.79 Å². The summed E-state index contributed by atoms with van der Waals surface area (Å²) in [6.07, 6.45) is -0.751. The monoisotopic (exact) mass is 410 g/mol. The molecule has 1 aromatic heterocycles. The molecule has 0 aliphatic heterocycles. The number of carbonyl (C=O) groups excluding carboxylic acids is 2. The number of thioether (sulfide) groups is 1. The van der Waals surface area contributed by atoms with Crippen LogP contribution in [0.2, 0.25) is 0 Å². The predicted octanol–water partition coefficient (Wildman–Crippen LogP) is 3.92. The van der Waals surface area contributed by atoms with Gasteiger partial charge in [0.05, 0.1) is 12.4 Å². The van der Waals surface area contributed by atoms with Crippen LogP contribution in [0.3, 0.4) is 0 Å². The molecule has 0 aliphatic carbocycles. The first-order chi connectivity index (χ1) is 14.0. The summed E-state index contributed by atoms with van der Waals surface area (Å²) in [7, 11) is 0. The molecule has 3 aromatic rings. The number of alkyl carbamates (subject to hydrolysis) is 1. The van der Waals surface area contributed by atoms with Gasteiger partial charge in [0.2, 0.25) is 5.91 Å². The van der Waals surface area contributed by atoms with Crippen LogP contribution in [-0.2, 0) is 9.53 Å². The number of nitrogens with zero attached hydrogens (tertiary/aromatic N) is 3. The zero-order valence-electron chi connectivity index (χ0n) is 16.5. The highest BCUT2D eigenvalue weighted by molar-refractivity contribution is 7.99. The number of aryl methyl sites for hydroxylation is 2. The summed E-state index contributed by atoms with van der Waals surface area (Å²) in [6.45, 7) is 5.92. The van der Waals surface area contributed by atoms with Gasteiger partial charge in [-0.3, -0.25) is 14.7 Å². The second-order valence-corrected chi connectivity index (χ2v) is 7.34. The van der Waals surface area contributed by atoms with Gasteiger partial charge in [-0.05, 0) is 32.9 Å². The summed E-state index contributed by atoms with van der Waals surface area (Å²) in [4.78, 5) is 23.4. The Labute approximate surface area is 173 Å². The van der Waals surface area contributed by atoms with E-state index in [1.54, 1.807) is 6.92 Å². The second-order valence-electron chi connectivity index (χ2n) is 6.40. The second kappa shape index (κ2) is 9.38. The van der Waals surface area contributed by atoms with Gasteiger partial charge in [-0.2, -0.15) is 0 Å². The average Bonchev–Trinajstić information content (AvgIpc) is 3.11. The zero-order valence-corrected chi connectivity index (χ0v) is 17.3. The Bertz CT molecular complexity index is 998. The number of amides is 2. The van der Waals surface area contributed by atoms with E-state index < -0.39 is 12.0 Å². The van der Waals surface area contributed by atoms with Crippen LogP contribution >= 0.6 is 11.8 Å². The van der Waals surface area contributed by atoms with Gasteiger partial charge >= 0.3 is 6.09 Å². The van der Waals surface area contributed by atoms with Crippen molar-refractivity contribution in [2.24, 2.45) is 0 Å². The number of hydrogen-bond donors (Lipinski definition) is 1. The molecular weight excluding hydrogens is 388 g/mol. The van der Waals surface area contributed by atoms with E-state index in [0.717, 1.165) is 22.4 Å². The Kier molecular flexibility index (Phi) is 6.66. The topological polar surface area (TPSA) is 86.1 Å². The number of imide groups is 1. The van der Waals surface area contributed by atoms with E-state index in [9.17, 15) is 9.59 Å². The number of ether oxygens (including phenoxy) is 1. The first kappa shape index (κ1) is 20.6. The van der Waals surface area contributed by atoms with Crippen LogP contribution in [0.15, 0.2) is 53.7 Å². The van der Waals surface area contributed by atoms with Gasteiger partial charge in [-0.1, -0.05) is 59.3 Å². The average molecular weight is 410 g/mol. The van der Waals surface area contributed by atoms with Gasteiger partial charge in [0.1, 0.15) is 0 Å². The molecule has 2 aromatic carbocycles. The van der Waals surface area contributed by atoms with Gasteiger partial charge < -0.3 is 4.74 Å². The molecule has 150 valence electrons. The van der Waals surface area contributed by atoms with Crippen molar-refractivity contribution < 1.29 is 14.3 Å². The number of rotatable bonds is 6. The highest BCUT2D eigenvalue weighted by Gasteiger charge is 2.18. The van der Waals surface area contributed by atoms with Crippen molar-refractivity contribution in [2.75, 3.05) is 12.4 Å². The molecule has 0 unspecified atom stereocenters. The Morgan fingerprint density at radius 3 is 2.24 bits per heavy atom. The Morgan fingerprint density at radius 2 is 1.62 bits per heavy atom. The molecule has 0 saturated heterocycles. The zero-order chi connectivity index (χ0) is 20.8. The van der Waals surface area contributed by atoms with Crippen LogP contribution in [-0.4, -0.2) is 39.1 Å². The molecular formula is C21H22N4O3S. The van der Waals surface area contributed by atoms with Gasteiger partial charge in [-0.15, -0.1) is 10.2 Å². The standard InChI is InChI=1S/C21H22N4O3S/c1-4-28-21(27)22-18(26)13-29-20-24-23-19(16-9-5-14(2)6-10-16)25(20)17-11-7-15(3)8-12-17/h5-12H,4,13H2,1-3H3,(H,22,26,27). The molecule has 0 atom stereocenters. The lowest BCUT2D eigenvalue weighted by molar-refractivity contribution is -0.117. The summed E-state index contributed by atoms with van der Waals surface area (Å²) < 4.78 is 6.64. The maximum absolute atomic E-state index is 12.0. The van der Waals surface area contributed by atoms with Crippen molar-refractivity contribution >= 4 is 23.8 Å². The summed E-state index contributed by atoms with van der Waals surface area (Å²) in [5, 5.41) is 11.4. The van der Waals surface area contributed by atoms with E-state index in [-0.39, 0.29) is 12.4 Å². The molecule has 0 fully saturated rings. The number of hydrogen-bond acceptors (Lipinski definition) is 6. The molecule has 1 heterocycles. The van der Waals surface area contributed by atoms with Gasteiger partial charge in [0.15, 0.2) is 11.0 Å². The molecule has 29 heavy (non-hydrogen) atoms. The molecule has 2 amide bonds. The van der Waals surface area contributed by atoms with E-state index in [1.165, 1.54) is 11.8 Å². The van der Waals surface area contributed by atoms with Gasteiger partial charge in [0, 0.05) is 11.3 Å². The van der Waals surface area contributed by atoms with E-state index in [0.29, 0.717) is 11.0 Å². The highest BCUT2D eigenvalue weighted by Crippen LogP contribution is 2.28. The lowest BCUT2D eigenvalue weighted by Gasteiger charge is -2.11. The maximum Gasteiger partial charge on any atom is 0.413 e. The van der Waals surface area contributed by atoms with Crippen molar-refractivity contribution in [1.29, 1.82) is 0 Å². The summed E-state index contributed by atoms with van der Waals surface area (Å²) in [5.41, 5.74) is 4.11. The third-order valence-corrected chi connectivity index (χ3v) is 5.01. The lowest BCUT2D eigenvalue weighted by atomic mass is 10.1. The van der Waals surface area contributed by atoms with Crippen molar-refractivity contribution in [3.05, 3.63) is 59.7 Å². The predicted molar refractivity (Wildman–Crippen MR) is 112 cm³/mol. The van der Waals surface area contributed by atoms with E-state index >= 15 is 0 Å². The Morgan fingerprint density at radius 1 is 1.00 bits per heavy atom. The van der Waals surface area contributed by atoms with Crippen molar-refractivity contribution in [1.82, 2.24) is 20.1 Å². The first-order valence-corrected chi connectivity index (χ1v) is 10.2. The molecule has 1 N–H and O–H groups in total. The SMILES string of the molecule is CCOC(=O)NC(=O)CSc1nnc(-c2ccc(C)cc2)n1-c1ccc(C)cc1. The first-order valence-electron chi connectivity index (χ1n) is 9.17. The summed E-state index contributed by atoms with van der Waals surface area (Å²) in [5.74, 6) is 0.238. The van der Waals surface area contributed by atoms with Crippen LogP contribution in [0.25, 0.3) is 17.1 Å². The lowest BCUT2D eigenvalue weighted by Crippen LogP contribution is -2.32. The van der Waals surface area contributed by atoms with Crippen molar-refractivity contribution in [2.45, 2.75) is 25.9 Å². The fourth-order valence-electron chi connectivity index (χ4n) is 2.63. The van der Waals surface area contributed by atoms with Crippen molar-refractivity contribution in [3.8, 4) is 17.1 Å². The Hall–Kier alpha value is -3.13. The minimum absolute atomic E-state index is 0.0106. The molecule has 8 heteroatoms. The molecule has 3 rings (SSSR count). The quantitative estimate of drug-likeness (QED) is 0.620. The van der Waals surface area contributed by atoms with Gasteiger partial charge in [0.25, 0.3) is 0 Å². The van der Waals surface area contributed by atoms with Crippen LogP contribution in [0, 0.1) is 13.8 Å². The Balaban J connectivity index is 1.89. The van der Waals surface area contributed by atoms with E-state index in [2.05, 4.69) is 15.5 Å². The minimum atomic E-state index is -0.751. The molecule has 7 nitrogen and oxygen atoms in total. The molecule has 0 spiro atoms. The number of nitrogens with one attached hydrogen (secondary N) is 1. The third kappa shape index (κ3) is 5.23. The normalized spacial score (nSPS) is 10.6. The number of benzene rings is 2. The third-order valence-electron chi connectivity index (χ3n) is 4.08. The fourth-order valence-corrected chi connectivity index (χ4v) is 3.38. The van der Waals surface area contributed by atoms with Crippen LogP contribution in [0.1, 0.15) is 18.1 Å². The maximum atomic E-state index is 12.0. The molecule has 0 radical (unpaired) electrons.